The van der Waals surface area contributed by atoms with Gasteiger partial charge in [0.2, 0.25) is 0 Å². The number of allylic oxidation sites excluding steroid dienone is 1. The van der Waals surface area contributed by atoms with Crippen molar-refractivity contribution in [3.05, 3.63) is 59.2 Å². The summed E-state index contributed by atoms with van der Waals surface area (Å²) in [6, 6.07) is 10.9. The Morgan fingerprint density at radius 3 is 1.89 bits per heavy atom. The number of carbonyl (C=O) groups is 1. The molecule has 4 heteroatoms. The van der Waals surface area contributed by atoms with Gasteiger partial charge in [-0.05, 0) is 82.7 Å². The minimum atomic E-state index is -0.0733. The second-order valence-electron chi connectivity index (χ2n) is 6.90. The highest BCUT2D eigenvalue weighted by molar-refractivity contribution is 6.06. The van der Waals surface area contributed by atoms with Crippen LogP contribution in [0, 0.1) is 6.92 Å². The van der Waals surface area contributed by atoms with E-state index in [0.29, 0.717) is 5.56 Å². The predicted octanol–water partition coefficient (Wildman–Crippen LogP) is 5.47. The molecule has 0 atom stereocenters. The molecule has 2 rings (SSSR count). The summed E-state index contributed by atoms with van der Waals surface area (Å²) in [4.78, 5) is 12.4. The van der Waals surface area contributed by atoms with Crippen LogP contribution in [0.15, 0.2) is 42.5 Å². The highest BCUT2D eigenvalue weighted by Crippen LogP contribution is 2.32. The fourth-order valence-electron chi connectivity index (χ4n) is 2.55. The van der Waals surface area contributed by atoms with Crippen LogP contribution >= 0.6 is 0 Å². The Morgan fingerprint density at radius 1 is 0.926 bits per heavy atom. The summed E-state index contributed by atoms with van der Waals surface area (Å²) in [5, 5.41) is 0. The van der Waals surface area contributed by atoms with Gasteiger partial charge in [0.25, 0.3) is 0 Å². The van der Waals surface area contributed by atoms with E-state index in [1.54, 1.807) is 43.5 Å². The number of methoxy groups -OCH3 is 1. The Bertz CT molecular complexity index is 771. The lowest BCUT2D eigenvalue weighted by molar-refractivity contribution is 0.104. The fraction of sp³-hybridized carbons (Fsp3) is 0.348. The molecule has 144 valence electrons. The number of benzene rings is 2. The van der Waals surface area contributed by atoms with Crippen LogP contribution in [-0.4, -0.2) is 25.1 Å². The number of rotatable bonds is 8. The van der Waals surface area contributed by atoms with Gasteiger partial charge in [0.1, 0.15) is 17.2 Å². The summed E-state index contributed by atoms with van der Waals surface area (Å²) in [5.74, 6) is 2.18. The van der Waals surface area contributed by atoms with Gasteiger partial charge in [0.15, 0.2) is 5.78 Å². The highest BCUT2D eigenvalue weighted by atomic mass is 16.5. The Labute approximate surface area is 161 Å². The minimum absolute atomic E-state index is 0.0516. The van der Waals surface area contributed by atoms with E-state index >= 15 is 0 Å². The highest BCUT2D eigenvalue weighted by Gasteiger charge is 2.12. The van der Waals surface area contributed by atoms with Crippen molar-refractivity contribution in [1.29, 1.82) is 0 Å². The topological polar surface area (TPSA) is 44.8 Å². The standard InChI is InChI=1S/C23H28O4/c1-15(2)26-22-13-18(14-23(17(22)5)27-16(3)4)7-12-21(24)19-8-10-20(25-6)11-9-19/h7-16H,1-6H3. The molecule has 2 aromatic rings. The molecule has 0 aliphatic rings. The van der Waals surface area contributed by atoms with Gasteiger partial charge >= 0.3 is 0 Å². The first-order chi connectivity index (χ1) is 12.8. The van der Waals surface area contributed by atoms with Crippen LogP contribution in [0.5, 0.6) is 17.2 Å². The molecule has 0 aliphatic carbocycles. The molecule has 0 amide bonds. The molecular weight excluding hydrogens is 340 g/mol. The van der Waals surface area contributed by atoms with Crippen molar-refractivity contribution in [2.75, 3.05) is 7.11 Å². The van der Waals surface area contributed by atoms with Crippen molar-refractivity contribution in [3.63, 3.8) is 0 Å². The lowest BCUT2D eigenvalue weighted by atomic mass is 10.1. The zero-order valence-corrected chi connectivity index (χ0v) is 16.9. The maximum Gasteiger partial charge on any atom is 0.185 e. The molecule has 0 aromatic heterocycles. The van der Waals surface area contributed by atoms with Crippen LogP contribution in [0.25, 0.3) is 6.08 Å². The fourth-order valence-corrected chi connectivity index (χ4v) is 2.55. The number of carbonyl (C=O) groups excluding carboxylic acids is 1. The van der Waals surface area contributed by atoms with Crippen LogP contribution in [0.3, 0.4) is 0 Å². The molecule has 0 saturated heterocycles. The smallest absolute Gasteiger partial charge is 0.185 e. The van der Waals surface area contributed by atoms with Crippen LogP contribution in [-0.2, 0) is 0 Å². The quantitative estimate of drug-likeness (QED) is 0.457. The summed E-state index contributed by atoms with van der Waals surface area (Å²) in [5.41, 5.74) is 2.42. The molecule has 0 heterocycles. The van der Waals surface area contributed by atoms with Crippen LogP contribution in [0.1, 0.15) is 49.2 Å². The van der Waals surface area contributed by atoms with Crippen LogP contribution < -0.4 is 14.2 Å². The summed E-state index contributed by atoms with van der Waals surface area (Å²) in [7, 11) is 1.60. The van der Waals surface area contributed by atoms with Gasteiger partial charge in [0, 0.05) is 11.1 Å². The molecular formula is C23H28O4. The third-order valence-electron chi connectivity index (χ3n) is 3.86. The van der Waals surface area contributed by atoms with E-state index in [0.717, 1.165) is 28.4 Å². The lowest BCUT2D eigenvalue weighted by Gasteiger charge is -2.18. The molecule has 0 bridgehead atoms. The monoisotopic (exact) mass is 368 g/mol. The van der Waals surface area contributed by atoms with Gasteiger partial charge in [-0.25, -0.2) is 0 Å². The summed E-state index contributed by atoms with van der Waals surface area (Å²) >= 11 is 0. The largest absolute Gasteiger partial charge is 0.497 e. The van der Waals surface area contributed by atoms with Crippen LogP contribution in [0.4, 0.5) is 0 Å². The van der Waals surface area contributed by atoms with Gasteiger partial charge in [-0.3, -0.25) is 4.79 Å². The molecule has 0 aliphatic heterocycles. The van der Waals surface area contributed by atoms with Crippen molar-refractivity contribution in [3.8, 4) is 17.2 Å². The first kappa shape index (κ1) is 20.6. The van der Waals surface area contributed by atoms with Crippen molar-refractivity contribution in [2.45, 2.75) is 46.8 Å². The minimum Gasteiger partial charge on any atom is -0.497 e. The second kappa shape index (κ2) is 9.26. The number of hydrogen-bond donors (Lipinski definition) is 0. The molecule has 0 fully saturated rings. The van der Waals surface area contributed by atoms with E-state index in [2.05, 4.69) is 0 Å². The molecule has 0 N–H and O–H groups in total. The molecule has 0 radical (unpaired) electrons. The SMILES string of the molecule is COc1ccc(C(=O)C=Cc2cc(OC(C)C)c(C)c(OC(C)C)c2)cc1. The van der Waals surface area contributed by atoms with E-state index < -0.39 is 0 Å². The second-order valence-corrected chi connectivity index (χ2v) is 6.90. The first-order valence-corrected chi connectivity index (χ1v) is 9.14. The van der Waals surface area contributed by atoms with E-state index in [-0.39, 0.29) is 18.0 Å². The van der Waals surface area contributed by atoms with E-state index in [9.17, 15) is 4.79 Å². The molecule has 4 nitrogen and oxygen atoms in total. The summed E-state index contributed by atoms with van der Waals surface area (Å²) in [6.45, 7) is 9.91. The van der Waals surface area contributed by atoms with E-state index in [4.69, 9.17) is 14.2 Å². The average Bonchev–Trinajstić information content (AvgIpc) is 2.62. The zero-order chi connectivity index (χ0) is 20.0. The van der Waals surface area contributed by atoms with E-state index in [1.165, 1.54) is 0 Å². The average molecular weight is 368 g/mol. The summed E-state index contributed by atoms with van der Waals surface area (Å²) < 4.78 is 16.9. The number of ether oxygens (including phenoxy) is 3. The van der Waals surface area contributed by atoms with Gasteiger partial charge < -0.3 is 14.2 Å². The summed E-state index contributed by atoms with van der Waals surface area (Å²) in [6.07, 6.45) is 3.45. The maximum absolute atomic E-state index is 12.4. The number of hydrogen-bond acceptors (Lipinski definition) is 4. The molecule has 0 spiro atoms. The maximum atomic E-state index is 12.4. The van der Waals surface area contributed by atoms with Crippen molar-refractivity contribution in [1.82, 2.24) is 0 Å². The van der Waals surface area contributed by atoms with Crippen molar-refractivity contribution < 1.29 is 19.0 Å². The van der Waals surface area contributed by atoms with E-state index in [1.807, 2.05) is 46.8 Å². The zero-order valence-electron chi connectivity index (χ0n) is 16.9. The third-order valence-corrected chi connectivity index (χ3v) is 3.86. The Hall–Kier alpha value is -2.75. The molecule has 27 heavy (non-hydrogen) atoms. The predicted molar refractivity (Wildman–Crippen MR) is 109 cm³/mol. The van der Waals surface area contributed by atoms with Crippen molar-refractivity contribution >= 4 is 11.9 Å². The first-order valence-electron chi connectivity index (χ1n) is 9.14. The lowest BCUT2D eigenvalue weighted by Crippen LogP contribution is -2.10. The third kappa shape index (κ3) is 5.88. The van der Waals surface area contributed by atoms with Gasteiger partial charge in [-0.2, -0.15) is 0 Å². The Kier molecular flexibility index (Phi) is 7.05. The van der Waals surface area contributed by atoms with Crippen LogP contribution in [0.2, 0.25) is 0 Å². The van der Waals surface area contributed by atoms with Gasteiger partial charge in [-0.1, -0.05) is 6.08 Å². The van der Waals surface area contributed by atoms with Crippen molar-refractivity contribution in [2.24, 2.45) is 0 Å². The van der Waals surface area contributed by atoms with Gasteiger partial charge in [0.05, 0.1) is 19.3 Å². The number of ketones is 1. The Morgan fingerprint density at radius 2 is 1.44 bits per heavy atom. The van der Waals surface area contributed by atoms with Gasteiger partial charge in [-0.15, -0.1) is 0 Å². The Balaban J connectivity index is 2.29. The normalized spacial score (nSPS) is 11.3. The molecule has 0 unspecified atom stereocenters. The molecule has 2 aromatic carbocycles. The molecule has 0 saturated carbocycles.